The number of rotatable bonds is 10. The maximum Gasteiger partial charge on any atom is 0.195 e. The van der Waals surface area contributed by atoms with Gasteiger partial charge in [-0.2, -0.15) is 0 Å². The summed E-state index contributed by atoms with van der Waals surface area (Å²) >= 11 is 1.65. The van der Waals surface area contributed by atoms with Gasteiger partial charge in [0.1, 0.15) is 0 Å². The number of unbranched alkanes of at least 4 members (excludes halogenated alkanes) is 1. The number of hydrogen-bond donors (Lipinski definition) is 0. The Kier molecular flexibility index (Phi) is 7.36. The summed E-state index contributed by atoms with van der Waals surface area (Å²) in [5.74, 6) is -0.0141. The minimum Gasteiger partial charge on any atom is -0.319 e. The number of benzene rings is 1. The third-order valence-corrected chi connectivity index (χ3v) is 6.79. The highest BCUT2D eigenvalue weighted by Gasteiger charge is 2.22. The van der Waals surface area contributed by atoms with Crippen LogP contribution in [-0.4, -0.2) is 15.3 Å². The number of carbonyl (C=O) groups excluding carboxylic acids is 1. The molecule has 4 heteroatoms. The minimum absolute atomic E-state index is 0.0141. The zero-order valence-corrected chi connectivity index (χ0v) is 20.2. The smallest absolute Gasteiger partial charge is 0.195 e. The third-order valence-electron chi connectivity index (χ3n) is 5.89. The predicted octanol–water partition coefficient (Wildman–Crippen LogP) is 7.91. The van der Waals surface area contributed by atoms with E-state index in [1.807, 2.05) is 60.1 Å². The second-order valence-corrected chi connectivity index (χ2v) is 9.12. The maximum absolute atomic E-state index is 13.6. The van der Waals surface area contributed by atoms with Crippen LogP contribution in [-0.2, 0) is 12.8 Å². The zero-order valence-electron chi connectivity index (χ0n) is 19.4. The van der Waals surface area contributed by atoms with Crippen molar-refractivity contribution >= 4 is 23.3 Å². The Morgan fingerprint density at radius 1 is 1.03 bits per heavy atom. The summed E-state index contributed by atoms with van der Waals surface area (Å²) in [5, 5.41) is 2.05. The first kappa shape index (κ1) is 22.9. The molecule has 0 aliphatic rings. The summed E-state index contributed by atoms with van der Waals surface area (Å²) in [6.45, 7) is 8.53. The van der Waals surface area contributed by atoms with Gasteiger partial charge < -0.3 is 4.57 Å². The first-order chi connectivity index (χ1) is 16.2. The fraction of sp³-hybridized carbons (Fsp3) is 0.241. The van der Waals surface area contributed by atoms with Crippen LogP contribution in [0.5, 0.6) is 0 Å². The van der Waals surface area contributed by atoms with Crippen LogP contribution in [0, 0.1) is 0 Å². The van der Waals surface area contributed by atoms with Gasteiger partial charge >= 0.3 is 0 Å². The van der Waals surface area contributed by atoms with E-state index in [2.05, 4.69) is 37.1 Å². The molecular formula is C29H30N2OS. The molecule has 0 unspecified atom stereocenters. The molecule has 0 spiro atoms. The van der Waals surface area contributed by atoms with Gasteiger partial charge in [-0.05, 0) is 54.5 Å². The van der Waals surface area contributed by atoms with Gasteiger partial charge in [-0.3, -0.25) is 4.79 Å². The largest absolute Gasteiger partial charge is 0.319 e. The molecule has 0 radical (unpaired) electrons. The highest BCUT2D eigenvalue weighted by Crippen LogP contribution is 2.33. The Hall–Kier alpha value is -3.24. The molecule has 168 valence electrons. The molecule has 4 rings (SSSR count). The molecule has 0 atom stereocenters. The minimum atomic E-state index is -0.0141. The van der Waals surface area contributed by atoms with Gasteiger partial charge in [-0.1, -0.05) is 69.7 Å². The van der Waals surface area contributed by atoms with Crippen LogP contribution < -0.4 is 0 Å². The number of ketones is 1. The van der Waals surface area contributed by atoms with Crippen molar-refractivity contribution in [3.05, 3.63) is 95.0 Å². The van der Waals surface area contributed by atoms with Crippen molar-refractivity contribution in [2.75, 3.05) is 0 Å². The van der Waals surface area contributed by atoms with E-state index < -0.39 is 0 Å². The molecule has 0 saturated heterocycles. The van der Waals surface area contributed by atoms with Crippen molar-refractivity contribution in [2.24, 2.45) is 0 Å². The number of carbonyl (C=O) groups is 1. The van der Waals surface area contributed by atoms with Crippen molar-refractivity contribution in [2.45, 2.75) is 46.0 Å². The molecule has 3 aromatic heterocycles. The van der Waals surface area contributed by atoms with Gasteiger partial charge in [0.05, 0.1) is 27.5 Å². The lowest BCUT2D eigenvalue weighted by atomic mass is 9.99. The molecule has 0 aliphatic heterocycles. The Morgan fingerprint density at radius 3 is 2.52 bits per heavy atom. The molecular weight excluding hydrogens is 424 g/mol. The quantitative estimate of drug-likeness (QED) is 0.228. The first-order valence-corrected chi connectivity index (χ1v) is 12.6. The predicted molar refractivity (Wildman–Crippen MR) is 140 cm³/mol. The second kappa shape index (κ2) is 10.6. The number of pyridine rings is 1. The Balaban J connectivity index is 1.93. The zero-order chi connectivity index (χ0) is 23.2. The number of nitrogens with zero attached hydrogens (tertiary/aromatic N) is 2. The fourth-order valence-electron chi connectivity index (χ4n) is 4.26. The maximum atomic E-state index is 13.6. The van der Waals surface area contributed by atoms with E-state index in [9.17, 15) is 4.79 Å². The van der Waals surface area contributed by atoms with Crippen LogP contribution in [0.1, 0.15) is 60.3 Å². The van der Waals surface area contributed by atoms with Crippen molar-refractivity contribution in [1.82, 2.24) is 9.55 Å². The van der Waals surface area contributed by atoms with Gasteiger partial charge in [0.25, 0.3) is 0 Å². The highest BCUT2D eigenvalue weighted by molar-refractivity contribution is 7.13. The Labute approximate surface area is 200 Å². The van der Waals surface area contributed by atoms with Gasteiger partial charge in [0.2, 0.25) is 0 Å². The summed E-state index contributed by atoms with van der Waals surface area (Å²) in [7, 11) is 0. The van der Waals surface area contributed by atoms with Crippen LogP contribution in [0.15, 0.2) is 72.6 Å². The lowest BCUT2D eigenvalue weighted by Crippen LogP contribution is -2.07. The van der Waals surface area contributed by atoms with Crippen LogP contribution in [0.4, 0.5) is 0 Å². The van der Waals surface area contributed by atoms with Crippen LogP contribution in [0.3, 0.4) is 0 Å². The lowest BCUT2D eigenvalue weighted by Gasteiger charge is -2.13. The summed E-state index contributed by atoms with van der Waals surface area (Å²) < 4.78 is 2.16. The Morgan fingerprint density at radius 2 is 1.85 bits per heavy atom. The highest BCUT2D eigenvalue weighted by atomic mass is 32.1. The molecule has 4 aromatic rings. The van der Waals surface area contributed by atoms with E-state index in [1.165, 1.54) is 11.3 Å². The van der Waals surface area contributed by atoms with E-state index in [1.54, 1.807) is 11.3 Å². The van der Waals surface area contributed by atoms with E-state index in [4.69, 9.17) is 4.98 Å². The van der Waals surface area contributed by atoms with Crippen molar-refractivity contribution in [3.63, 3.8) is 0 Å². The molecule has 1 aromatic carbocycles. The van der Waals surface area contributed by atoms with Crippen LogP contribution >= 0.6 is 11.3 Å². The van der Waals surface area contributed by atoms with Gasteiger partial charge in [0, 0.05) is 17.5 Å². The second-order valence-electron chi connectivity index (χ2n) is 8.17. The number of aromatic nitrogens is 2. The molecule has 0 amide bonds. The average molecular weight is 455 g/mol. The SMILES string of the molecule is C=Cn1c(-c2nc(-c3cccs3)ccc2C(=O)c2ccccc2)cc(CCC)c1CCCC. The fourth-order valence-corrected chi connectivity index (χ4v) is 4.96. The first-order valence-electron chi connectivity index (χ1n) is 11.7. The molecule has 33 heavy (non-hydrogen) atoms. The van der Waals surface area contributed by atoms with E-state index in [0.717, 1.165) is 54.1 Å². The van der Waals surface area contributed by atoms with Crippen molar-refractivity contribution in [3.8, 4) is 22.0 Å². The van der Waals surface area contributed by atoms with Crippen molar-refractivity contribution < 1.29 is 4.79 Å². The Bertz CT molecular complexity index is 1240. The van der Waals surface area contributed by atoms with E-state index in [0.29, 0.717) is 11.1 Å². The molecule has 0 fully saturated rings. The van der Waals surface area contributed by atoms with Gasteiger partial charge in [-0.15, -0.1) is 11.3 Å². The molecule has 3 nitrogen and oxygen atoms in total. The summed E-state index contributed by atoms with van der Waals surface area (Å²) in [4.78, 5) is 19.7. The summed E-state index contributed by atoms with van der Waals surface area (Å²) in [5.41, 5.74) is 6.43. The molecule has 0 aliphatic carbocycles. The van der Waals surface area contributed by atoms with Crippen LogP contribution in [0.25, 0.3) is 28.2 Å². The monoisotopic (exact) mass is 454 g/mol. The lowest BCUT2D eigenvalue weighted by molar-refractivity contribution is 0.103. The van der Waals surface area contributed by atoms with Gasteiger partial charge in [-0.25, -0.2) is 4.98 Å². The molecule has 0 bridgehead atoms. The van der Waals surface area contributed by atoms with E-state index >= 15 is 0 Å². The molecule has 0 saturated carbocycles. The van der Waals surface area contributed by atoms with E-state index in [-0.39, 0.29) is 5.78 Å². The normalized spacial score (nSPS) is 11.0. The molecule has 3 heterocycles. The van der Waals surface area contributed by atoms with Crippen molar-refractivity contribution in [1.29, 1.82) is 0 Å². The summed E-state index contributed by atoms with van der Waals surface area (Å²) in [6.07, 6.45) is 7.18. The van der Waals surface area contributed by atoms with Crippen LogP contribution in [0.2, 0.25) is 0 Å². The number of aryl methyl sites for hydroxylation is 1. The topological polar surface area (TPSA) is 34.9 Å². The van der Waals surface area contributed by atoms with Gasteiger partial charge in [0.15, 0.2) is 5.78 Å². The standard InChI is InChI=1S/C29H30N2OS/c1-4-7-15-25-22(12-5-2)20-26(31(25)6-3)28-23(29(32)21-13-9-8-10-14-21)17-18-24(30-28)27-16-11-19-33-27/h6,8-11,13-14,16-20H,3-5,7,12,15H2,1-2H3. The molecule has 0 N–H and O–H groups in total. The number of thiophene rings is 1. The summed E-state index contributed by atoms with van der Waals surface area (Å²) in [6, 6.07) is 19.6. The number of hydrogen-bond acceptors (Lipinski definition) is 3. The average Bonchev–Trinajstić information content (AvgIpc) is 3.51. The third kappa shape index (κ3) is 4.76.